The second kappa shape index (κ2) is 7.45. The van der Waals surface area contributed by atoms with E-state index < -0.39 is 5.60 Å². The summed E-state index contributed by atoms with van der Waals surface area (Å²) < 4.78 is 0. The third-order valence-electron chi connectivity index (χ3n) is 4.33. The van der Waals surface area contributed by atoms with Gasteiger partial charge in [0.15, 0.2) is 0 Å². The van der Waals surface area contributed by atoms with E-state index in [2.05, 4.69) is 5.32 Å². The van der Waals surface area contributed by atoms with E-state index in [4.69, 9.17) is 0 Å². The predicted molar refractivity (Wildman–Crippen MR) is 91.0 cm³/mol. The molecule has 2 N–H and O–H groups in total. The van der Waals surface area contributed by atoms with Crippen LogP contribution >= 0.6 is 11.3 Å². The van der Waals surface area contributed by atoms with Crippen LogP contribution in [0.2, 0.25) is 0 Å². The van der Waals surface area contributed by atoms with Crippen LogP contribution in [0.4, 0.5) is 0 Å². The number of carbonyl (C=O) groups is 2. The molecule has 0 radical (unpaired) electrons. The smallest absolute Gasteiger partial charge is 0.225 e. The van der Waals surface area contributed by atoms with Gasteiger partial charge in [0.2, 0.25) is 11.8 Å². The highest BCUT2D eigenvalue weighted by atomic mass is 32.1. The average Bonchev–Trinajstić information content (AvgIpc) is 3.07. The van der Waals surface area contributed by atoms with Crippen LogP contribution in [0.1, 0.15) is 38.5 Å². The molecule has 2 rings (SSSR count). The number of nitrogens with one attached hydrogen (secondary N) is 1. The molecule has 0 saturated carbocycles. The van der Waals surface area contributed by atoms with E-state index >= 15 is 0 Å². The fraction of sp³-hybridized carbons (Fsp3) is 0.647. The predicted octanol–water partition coefficient (Wildman–Crippen LogP) is 1.97. The molecule has 0 spiro atoms. The molecule has 2 heterocycles. The van der Waals surface area contributed by atoms with E-state index in [1.807, 2.05) is 36.3 Å². The van der Waals surface area contributed by atoms with Gasteiger partial charge in [0.1, 0.15) is 5.60 Å². The van der Waals surface area contributed by atoms with Crippen LogP contribution in [0.25, 0.3) is 0 Å². The summed E-state index contributed by atoms with van der Waals surface area (Å²) in [5.41, 5.74) is -1.04. The second-order valence-electron chi connectivity index (χ2n) is 6.72. The topological polar surface area (TPSA) is 69.6 Å². The summed E-state index contributed by atoms with van der Waals surface area (Å²) in [6, 6.07) is 3.75. The third kappa shape index (κ3) is 4.54. The first-order valence-corrected chi connectivity index (χ1v) is 9.02. The van der Waals surface area contributed by atoms with Crippen molar-refractivity contribution in [2.24, 2.45) is 11.8 Å². The number of hydrogen-bond acceptors (Lipinski definition) is 4. The zero-order valence-electron chi connectivity index (χ0n) is 14.0. The van der Waals surface area contributed by atoms with Gasteiger partial charge in [-0.2, -0.15) is 0 Å². The van der Waals surface area contributed by atoms with E-state index in [1.54, 1.807) is 6.92 Å². The maximum absolute atomic E-state index is 12.3. The molecule has 5 nitrogen and oxygen atoms in total. The van der Waals surface area contributed by atoms with Crippen LogP contribution in [-0.4, -0.2) is 41.5 Å². The first kappa shape index (κ1) is 17.9. The van der Waals surface area contributed by atoms with Crippen LogP contribution in [0.3, 0.4) is 0 Å². The van der Waals surface area contributed by atoms with E-state index in [9.17, 15) is 14.7 Å². The molecular formula is C17H26N2O3S. The minimum atomic E-state index is -1.04. The molecule has 1 unspecified atom stereocenters. The zero-order chi connectivity index (χ0) is 17.0. The van der Waals surface area contributed by atoms with Crippen LogP contribution in [0.15, 0.2) is 17.5 Å². The summed E-state index contributed by atoms with van der Waals surface area (Å²) in [6.45, 7) is 6.98. The van der Waals surface area contributed by atoms with Gasteiger partial charge in [-0.1, -0.05) is 19.9 Å². The van der Waals surface area contributed by atoms with E-state index in [1.165, 1.54) is 11.3 Å². The number of aliphatic hydroxyl groups is 1. The Hall–Kier alpha value is -1.40. The summed E-state index contributed by atoms with van der Waals surface area (Å²) in [5.74, 6) is 0.0505. The van der Waals surface area contributed by atoms with Crippen molar-refractivity contribution in [3.63, 3.8) is 0 Å². The fourth-order valence-corrected chi connectivity index (χ4v) is 3.59. The number of nitrogens with zero attached hydrogens (tertiary/aromatic N) is 1. The minimum absolute atomic E-state index is 0.00118. The number of thiophene rings is 1. The van der Waals surface area contributed by atoms with Gasteiger partial charge in [-0.15, -0.1) is 11.3 Å². The first-order valence-electron chi connectivity index (χ1n) is 8.14. The van der Waals surface area contributed by atoms with Gasteiger partial charge in [-0.05, 0) is 31.2 Å². The van der Waals surface area contributed by atoms with Gasteiger partial charge in [-0.3, -0.25) is 9.59 Å². The maximum atomic E-state index is 12.3. The highest BCUT2D eigenvalue weighted by molar-refractivity contribution is 7.10. The summed E-state index contributed by atoms with van der Waals surface area (Å²) in [7, 11) is 0. The summed E-state index contributed by atoms with van der Waals surface area (Å²) in [5, 5.41) is 15.2. The van der Waals surface area contributed by atoms with Crippen LogP contribution in [0, 0.1) is 11.8 Å². The maximum Gasteiger partial charge on any atom is 0.225 e. The van der Waals surface area contributed by atoms with Crippen molar-refractivity contribution in [1.82, 2.24) is 10.2 Å². The van der Waals surface area contributed by atoms with Crippen LogP contribution in [-0.2, 0) is 15.2 Å². The van der Waals surface area contributed by atoms with Gasteiger partial charge in [0.05, 0.1) is 6.54 Å². The highest BCUT2D eigenvalue weighted by Gasteiger charge is 2.30. The second-order valence-corrected chi connectivity index (χ2v) is 7.67. The molecule has 2 amide bonds. The molecule has 128 valence electrons. The molecule has 1 aliphatic heterocycles. The fourth-order valence-electron chi connectivity index (χ4n) is 2.80. The molecule has 1 aromatic heterocycles. The average molecular weight is 338 g/mol. The van der Waals surface area contributed by atoms with Gasteiger partial charge >= 0.3 is 0 Å². The lowest BCUT2D eigenvalue weighted by molar-refractivity contribution is -0.138. The Morgan fingerprint density at radius 2 is 2.09 bits per heavy atom. The standard InChI is InChI=1S/C17H26N2O3S/c1-12(2)16(21)19-8-6-13(7-9-19)15(20)18-11-17(3,22)14-5-4-10-23-14/h4-5,10,12-13,22H,6-9,11H2,1-3H3,(H,18,20). The van der Waals surface area contributed by atoms with Crippen molar-refractivity contribution in [2.75, 3.05) is 19.6 Å². The molecule has 6 heteroatoms. The van der Waals surface area contributed by atoms with Crippen LogP contribution in [0.5, 0.6) is 0 Å². The molecule has 23 heavy (non-hydrogen) atoms. The quantitative estimate of drug-likeness (QED) is 0.862. The van der Waals surface area contributed by atoms with Gasteiger partial charge in [0, 0.05) is 29.8 Å². The monoisotopic (exact) mass is 338 g/mol. The molecule has 0 aromatic carbocycles. The molecule has 0 aliphatic carbocycles. The Morgan fingerprint density at radius 3 is 2.61 bits per heavy atom. The Bertz CT molecular complexity index is 532. The van der Waals surface area contributed by atoms with Crippen molar-refractivity contribution in [2.45, 2.75) is 39.2 Å². The Labute approximate surface area is 141 Å². The number of amides is 2. The van der Waals surface area contributed by atoms with Crippen molar-refractivity contribution in [3.05, 3.63) is 22.4 Å². The Morgan fingerprint density at radius 1 is 1.43 bits per heavy atom. The summed E-state index contributed by atoms with van der Waals surface area (Å²) >= 11 is 1.48. The lowest BCUT2D eigenvalue weighted by Crippen LogP contribution is -2.46. The Balaban J connectivity index is 1.80. The largest absolute Gasteiger partial charge is 0.383 e. The van der Waals surface area contributed by atoms with Crippen LogP contribution < -0.4 is 5.32 Å². The zero-order valence-corrected chi connectivity index (χ0v) is 14.9. The Kier molecular flexibility index (Phi) is 5.81. The molecule has 1 aromatic rings. The van der Waals surface area contributed by atoms with E-state index in [0.717, 1.165) is 4.88 Å². The molecule has 0 bridgehead atoms. The molecular weight excluding hydrogens is 312 g/mol. The molecule has 1 saturated heterocycles. The minimum Gasteiger partial charge on any atom is -0.383 e. The lowest BCUT2D eigenvalue weighted by Gasteiger charge is -2.33. The van der Waals surface area contributed by atoms with E-state index in [-0.39, 0.29) is 30.2 Å². The van der Waals surface area contributed by atoms with Gasteiger partial charge < -0.3 is 15.3 Å². The number of hydrogen-bond donors (Lipinski definition) is 2. The summed E-state index contributed by atoms with van der Waals surface area (Å²) in [6.07, 6.45) is 1.37. The third-order valence-corrected chi connectivity index (χ3v) is 5.45. The van der Waals surface area contributed by atoms with Gasteiger partial charge in [0.25, 0.3) is 0 Å². The number of likely N-dealkylation sites (tertiary alicyclic amines) is 1. The molecule has 1 atom stereocenters. The first-order chi connectivity index (χ1) is 10.8. The lowest BCUT2D eigenvalue weighted by atomic mass is 9.94. The SMILES string of the molecule is CC(C)C(=O)N1CCC(C(=O)NCC(C)(O)c2cccs2)CC1. The number of piperidine rings is 1. The van der Waals surface area contributed by atoms with Crippen molar-refractivity contribution in [1.29, 1.82) is 0 Å². The van der Waals surface area contributed by atoms with Gasteiger partial charge in [-0.25, -0.2) is 0 Å². The normalized spacial score (nSPS) is 18.7. The highest BCUT2D eigenvalue weighted by Crippen LogP contribution is 2.25. The molecule has 1 fully saturated rings. The number of rotatable bonds is 5. The number of carbonyl (C=O) groups excluding carboxylic acids is 2. The van der Waals surface area contributed by atoms with Crippen molar-refractivity contribution >= 4 is 23.2 Å². The van der Waals surface area contributed by atoms with Crippen molar-refractivity contribution < 1.29 is 14.7 Å². The van der Waals surface area contributed by atoms with E-state index in [0.29, 0.717) is 25.9 Å². The molecule has 1 aliphatic rings. The van der Waals surface area contributed by atoms with Crippen molar-refractivity contribution in [3.8, 4) is 0 Å². The summed E-state index contributed by atoms with van der Waals surface area (Å²) in [4.78, 5) is 26.9.